The summed E-state index contributed by atoms with van der Waals surface area (Å²) in [7, 11) is 0. The summed E-state index contributed by atoms with van der Waals surface area (Å²) < 4.78 is 0. The molecule has 2 rings (SSSR count). The fraction of sp³-hybridized carbons (Fsp3) is 0.0769. The van der Waals surface area contributed by atoms with Gasteiger partial charge < -0.3 is 40.9 Å². The Kier molecular flexibility index (Phi) is 3.02. The third-order valence-electron chi connectivity index (χ3n) is 3.13. The molecule has 0 unspecified atom stereocenters. The van der Waals surface area contributed by atoms with Crippen molar-refractivity contribution in [3.8, 4) is 57.1 Å². The van der Waals surface area contributed by atoms with Gasteiger partial charge in [0.15, 0.2) is 23.0 Å². The summed E-state index contributed by atoms with van der Waals surface area (Å²) in [4.78, 5) is 0. The lowest BCUT2D eigenvalue weighted by molar-refractivity contribution is 0.345. The topological polar surface area (TPSA) is 162 Å². The van der Waals surface area contributed by atoms with Crippen molar-refractivity contribution in [3.63, 3.8) is 0 Å². The van der Waals surface area contributed by atoms with Gasteiger partial charge in [-0.1, -0.05) is 0 Å². The zero-order valence-electron chi connectivity index (χ0n) is 10.7. The van der Waals surface area contributed by atoms with Crippen LogP contribution in [0, 0.1) is 6.92 Å². The Morgan fingerprint density at radius 3 is 1.67 bits per heavy atom. The summed E-state index contributed by atoms with van der Waals surface area (Å²) in [6.07, 6.45) is 0. The molecule has 0 amide bonds. The molecule has 2 aromatic rings. The fourth-order valence-corrected chi connectivity index (χ4v) is 1.90. The van der Waals surface area contributed by atoms with Crippen LogP contribution >= 0.6 is 0 Å². The molecule has 0 aliphatic carbocycles. The molecule has 0 atom stereocenters. The van der Waals surface area contributed by atoms with E-state index in [1.165, 1.54) is 6.92 Å². The highest BCUT2D eigenvalue weighted by atomic mass is 16.3. The van der Waals surface area contributed by atoms with Crippen molar-refractivity contribution in [2.75, 3.05) is 0 Å². The highest BCUT2D eigenvalue weighted by Crippen LogP contribution is 2.56. The minimum atomic E-state index is -1.07. The quantitative estimate of drug-likeness (QED) is 0.288. The molecule has 8 nitrogen and oxygen atoms in total. The van der Waals surface area contributed by atoms with E-state index in [0.29, 0.717) is 0 Å². The van der Waals surface area contributed by atoms with Crippen molar-refractivity contribution in [1.82, 2.24) is 0 Å². The average Bonchev–Trinajstić information content (AvgIpc) is 2.46. The van der Waals surface area contributed by atoms with E-state index < -0.39 is 57.1 Å². The van der Waals surface area contributed by atoms with E-state index in [2.05, 4.69) is 0 Å². The second-order valence-corrected chi connectivity index (χ2v) is 4.38. The van der Waals surface area contributed by atoms with Crippen molar-refractivity contribution in [3.05, 3.63) is 11.6 Å². The normalized spacial score (nSPS) is 10.7. The van der Waals surface area contributed by atoms with Crippen LogP contribution in [0.4, 0.5) is 0 Å². The molecule has 8 heteroatoms. The van der Waals surface area contributed by atoms with E-state index in [4.69, 9.17) is 0 Å². The lowest BCUT2D eigenvalue weighted by Gasteiger charge is -2.15. The molecule has 0 spiro atoms. The molecule has 0 saturated carbocycles. The van der Waals surface area contributed by atoms with E-state index in [1.807, 2.05) is 0 Å². The first-order chi connectivity index (χ1) is 9.68. The second-order valence-electron chi connectivity index (χ2n) is 4.38. The highest BCUT2D eigenvalue weighted by Gasteiger charge is 2.27. The van der Waals surface area contributed by atoms with Gasteiger partial charge in [-0.25, -0.2) is 0 Å². The lowest BCUT2D eigenvalue weighted by atomic mass is 9.97. The maximum absolute atomic E-state index is 9.94. The number of phenolic OH excluding ortho intramolecular Hbond substituents is 8. The van der Waals surface area contributed by atoms with Crippen molar-refractivity contribution >= 4 is 0 Å². The average molecular weight is 296 g/mol. The zero-order chi connectivity index (χ0) is 16.1. The molecule has 0 aromatic heterocycles. The van der Waals surface area contributed by atoms with Gasteiger partial charge in [-0.05, 0) is 13.0 Å². The van der Waals surface area contributed by atoms with Crippen molar-refractivity contribution < 1.29 is 40.9 Å². The van der Waals surface area contributed by atoms with Crippen LogP contribution in [0.25, 0.3) is 11.1 Å². The molecule has 0 aliphatic heterocycles. The summed E-state index contributed by atoms with van der Waals surface area (Å²) >= 11 is 0. The Morgan fingerprint density at radius 2 is 1.10 bits per heavy atom. The third-order valence-corrected chi connectivity index (χ3v) is 3.13. The minimum Gasteiger partial charge on any atom is -0.507 e. The number of hydrogen-bond acceptors (Lipinski definition) is 8. The van der Waals surface area contributed by atoms with E-state index in [9.17, 15) is 40.9 Å². The van der Waals surface area contributed by atoms with E-state index in [-0.39, 0.29) is 5.56 Å². The van der Waals surface area contributed by atoms with Gasteiger partial charge in [0.05, 0.1) is 5.56 Å². The fourth-order valence-electron chi connectivity index (χ4n) is 1.90. The van der Waals surface area contributed by atoms with Crippen LogP contribution in [0.1, 0.15) is 5.56 Å². The number of rotatable bonds is 1. The SMILES string of the molecule is Cc1c(O)c(O)c(O)c(-c2cc(O)c(O)c(O)c2O)c1O. The Hall–Kier alpha value is -3.16. The third kappa shape index (κ3) is 1.84. The number of benzene rings is 2. The number of phenols is 8. The van der Waals surface area contributed by atoms with Crippen molar-refractivity contribution in [2.45, 2.75) is 6.92 Å². The summed E-state index contributed by atoms with van der Waals surface area (Å²) in [6.45, 7) is 1.23. The standard InChI is InChI=1S/C13H12O8/c1-3-7(15)6(11(19)12(20)8(3)16)4-2-5(14)10(18)13(21)9(4)17/h2,14-21H,1H3. The predicted octanol–water partition coefficient (Wildman–Crippen LogP) is 1.31. The van der Waals surface area contributed by atoms with Gasteiger partial charge in [0, 0.05) is 11.1 Å². The molecule has 0 aliphatic rings. The van der Waals surface area contributed by atoms with Crippen LogP contribution in [-0.4, -0.2) is 40.9 Å². The van der Waals surface area contributed by atoms with Crippen LogP contribution in [0.15, 0.2) is 6.07 Å². The molecular formula is C13H12O8. The molecule has 8 N–H and O–H groups in total. The molecule has 0 saturated heterocycles. The van der Waals surface area contributed by atoms with Crippen molar-refractivity contribution in [2.24, 2.45) is 0 Å². The molecule has 0 radical (unpaired) electrons. The van der Waals surface area contributed by atoms with Gasteiger partial charge in [-0.2, -0.15) is 0 Å². The molecular weight excluding hydrogens is 284 g/mol. The first-order valence-electron chi connectivity index (χ1n) is 5.62. The Bertz CT molecular complexity index is 722. The molecule has 2 aromatic carbocycles. The van der Waals surface area contributed by atoms with Gasteiger partial charge in [-0.3, -0.25) is 0 Å². The van der Waals surface area contributed by atoms with Gasteiger partial charge in [-0.15, -0.1) is 0 Å². The Labute approximate surface area is 117 Å². The Morgan fingerprint density at radius 1 is 0.571 bits per heavy atom. The molecule has 112 valence electrons. The van der Waals surface area contributed by atoms with E-state index in [1.54, 1.807) is 0 Å². The lowest BCUT2D eigenvalue weighted by Crippen LogP contribution is -1.88. The predicted molar refractivity (Wildman–Crippen MR) is 69.9 cm³/mol. The summed E-state index contributed by atoms with van der Waals surface area (Å²) in [6, 6.07) is 0.759. The van der Waals surface area contributed by atoms with Crippen molar-refractivity contribution in [1.29, 1.82) is 0 Å². The van der Waals surface area contributed by atoms with E-state index in [0.717, 1.165) is 6.07 Å². The molecule has 0 bridgehead atoms. The van der Waals surface area contributed by atoms with Crippen LogP contribution in [0.3, 0.4) is 0 Å². The van der Waals surface area contributed by atoms with Crippen LogP contribution < -0.4 is 0 Å². The highest BCUT2D eigenvalue weighted by molar-refractivity contribution is 5.89. The van der Waals surface area contributed by atoms with E-state index >= 15 is 0 Å². The summed E-state index contributed by atoms with van der Waals surface area (Å²) in [5.74, 6) is -7.22. The van der Waals surface area contributed by atoms with Gasteiger partial charge in [0.25, 0.3) is 0 Å². The first kappa shape index (κ1) is 14.3. The van der Waals surface area contributed by atoms with Gasteiger partial charge in [0.1, 0.15) is 5.75 Å². The number of hydrogen-bond donors (Lipinski definition) is 8. The van der Waals surface area contributed by atoms with Crippen LogP contribution in [-0.2, 0) is 0 Å². The molecule has 0 heterocycles. The Balaban J connectivity index is 2.93. The van der Waals surface area contributed by atoms with Crippen LogP contribution in [0.5, 0.6) is 46.0 Å². The zero-order valence-corrected chi connectivity index (χ0v) is 10.7. The largest absolute Gasteiger partial charge is 0.507 e. The number of aromatic hydroxyl groups is 8. The molecule has 0 fully saturated rings. The maximum atomic E-state index is 9.94. The van der Waals surface area contributed by atoms with Gasteiger partial charge >= 0.3 is 0 Å². The monoisotopic (exact) mass is 296 g/mol. The smallest absolute Gasteiger partial charge is 0.204 e. The minimum absolute atomic E-state index is 0.202. The first-order valence-corrected chi connectivity index (χ1v) is 5.62. The maximum Gasteiger partial charge on any atom is 0.204 e. The van der Waals surface area contributed by atoms with Crippen LogP contribution in [0.2, 0.25) is 0 Å². The molecule has 21 heavy (non-hydrogen) atoms. The second kappa shape index (κ2) is 4.44. The summed E-state index contributed by atoms with van der Waals surface area (Å²) in [5.41, 5.74) is -1.20. The van der Waals surface area contributed by atoms with Gasteiger partial charge in [0.2, 0.25) is 17.2 Å². The summed E-state index contributed by atoms with van der Waals surface area (Å²) in [5, 5.41) is 76.8.